The molecule has 0 aliphatic rings. The van der Waals surface area contributed by atoms with Gasteiger partial charge in [-0.25, -0.2) is 0 Å². The zero-order chi connectivity index (χ0) is 15.1. The molecule has 0 fully saturated rings. The summed E-state index contributed by atoms with van der Waals surface area (Å²) in [7, 11) is 0. The fraction of sp³-hybridized carbons (Fsp3) is 0.312. The SMILES string of the molecule is CCCCOc1cccc(NC(=O)c2coc(CN)c2)c1. The molecule has 3 N–H and O–H groups in total. The van der Waals surface area contributed by atoms with Crippen LogP contribution in [0.5, 0.6) is 5.75 Å². The first-order chi connectivity index (χ1) is 10.2. The lowest BCUT2D eigenvalue weighted by atomic mass is 10.2. The van der Waals surface area contributed by atoms with E-state index in [1.54, 1.807) is 12.1 Å². The number of nitrogens with one attached hydrogen (secondary N) is 1. The van der Waals surface area contributed by atoms with Gasteiger partial charge in [-0.15, -0.1) is 0 Å². The Morgan fingerprint density at radius 2 is 2.24 bits per heavy atom. The molecular weight excluding hydrogens is 268 g/mol. The minimum Gasteiger partial charge on any atom is -0.494 e. The maximum absolute atomic E-state index is 12.1. The van der Waals surface area contributed by atoms with E-state index in [0.717, 1.165) is 18.6 Å². The summed E-state index contributed by atoms with van der Waals surface area (Å²) < 4.78 is 10.8. The molecule has 2 aromatic rings. The molecule has 5 heteroatoms. The summed E-state index contributed by atoms with van der Waals surface area (Å²) in [5, 5.41) is 2.81. The van der Waals surface area contributed by atoms with Crippen molar-refractivity contribution in [2.75, 3.05) is 11.9 Å². The molecule has 0 atom stereocenters. The number of anilines is 1. The van der Waals surface area contributed by atoms with Crippen molar-refractivity contribution in [2.45, 2.75) is 26.3 Å². The van der Waals surface area contributed by atoms with Crippen LogP contribution in [-0.4, -0.2) is 12.5 Å². The summed E-state index contributed by atoms with van der Waals surface area (Å²) in [6.07, 6.45) is 3.49. The molecule has 1 amide bonds. The van der Waals surface area contributed by atoms with Crippen molar-refractivity contribution >= 4 is 11.6 Å². The Bertz CT molecular complexity index is 593. The largest absolute Gasteiger partial charge is 0.494 e. The number of carbonyl (C=O) groups is 1. The number of unbranched alkanes of at least 4 members (excludes halogenated alkanes) is 1. The molecule has 0 aliphatic heterocycles. The molecule has 1 aromatic carbocycles. The maximum atomic E-state index is 12.1. The number of carbonyl (C=O) groups excluding carboxylic acids is 1. The summed E-state index contributed by atoms with van der Waals surface area (Å²) in [5.74, 6) is 1.09. The Morgan fingerprint density at radius 3 is 2.95 bits per heavy atom. The molecule has 5 nitrogen and oxygen atoms in total. The quantitative estimate of drug-likeness (QED) is 0.767. The average Bonchev–Trinajstić information content (AvgIpc) is 2.97. The topological polar surface area (TPSA) is 77.5 Å². The first kappa shape index (κ1) is 15.1. The standard InChI is InChI=1S/C16H20N2O3/c1-2-3-7-20-14-6-4-5-13(9-14)18-16(19)12-8-15(10-17)21-11-12/h4-6,8-9,11H,2-3,7,10,17H2,1H3,(H,18,19). The van der Waals surface area contributed by atoms with Gasteiger partial charge in [-0.05, 0) is 24.6 Å². The lowest BCUT2D eigenvalue weighted by Gasteiger charge is -2.08. The Labute approximate surface area is 124 Å². The molecule has 0 saturated carbocycles. The number of amides is 1. The lowest BCUT2D eigenvalue weighted by molar-refractivity contribution is 0.102. The van der Waals surface area contributed by atoms with E-state index in [2.05, 4.69) is 12.2 Å². The van der Waals surface area contributed by atoms with Crippen molar-refractivity contribution in [3.05, 3.63) is 47.9 Å². The Hall–Kier alpha value is -2.27. The third-order valence-electron chi connectivity index (χ3n) is 2.98. The molecule has 0 saturated heterocycles. The number of nitrogens with two attached hydrogens (primary N) is 1. The van der Waals surface area contributed by atoms with Crippen LogP contribution in [0.3, 0.4) is 0 Å². The van der Waals surface area contributed by atoms with E-state index in [9.17, 15) is 4.79 Å². The van der Waals surface area contributed by atoms with Gasteiger partial charge < -0.3 is 20.2 Å². The van der Waals surface area contributed by atoms with Gasteiger partial charge in [-0.1, -0.05) is 19.4 Å². The van der Waals surface area contributed by atoms with Gasteiger partial charge in [0.25, 0.3) is 5.91 Å². The second-order valence-electron chi connectivity index (χ2n) is 4.69. The summed E-state index contributed by atoms with van der Waals surface area (Å²) in [6, 6.07) is 8.97. The van der Waals surface area contributed by atoms with E-state index >= 15 is 0 Å². The molecule has 1 heterocycles. The molecule has 0 spiro atoms. The maximum Gasteiger partial charge on any atom is 0.258 e. The van der Waals surface area contributed by atoms with E-state index in [1.807, 2.05) is 18.2 Å². The molecule has 0 radical (unpaired) electrons. The van der Waals surface area contributed by atoms with Gasteiger partial charge >= 0.3 is 0 Å². The molecule has 21 heavy (non-hydrogen) atoms. The number of hydrogen-bond acceptors (Lipinski definition) is 4. The van der Waals surface area contributed by atoms with Gasteiger partial charge in [0.05, 0.1) is 18.7 Å². The highest BCUT2D eigenvalue weighted by Crippen LogP contribution is 2.19. The molecular formula is C16H20N2O3. The van der Waals surface area contributed by atoms with Crippen LogP contribution in [0.25, 0.3) is 0 Å². The molecule has 2 rings (SSSR count). The molecule has 0 unspecified atom stereocenters. The molecule has 1 aromatic heterocycles. The van der Waals surface area contributed by atoms with Crippen LogP contribution in [-0.2, 0) is 6.54 Å². The smallest absolute Gasteiger partial charge is 0.258 e. The van der Waals surface area contributed by atoms with Crippen LogP contribution in [0.4, 0.5) is 5.69 Å². The van der Waals surface area contributed by atoms with Gasteiger partial charge in [0.1, 0.15) is 17.8 Å². The zero-order valence-electron chi connectivity index (χ0n) is 12.1. The predicted octanol–water partition coefficient (Wildman–Crippen LogP) is 3.17. The van der Waals surface area contributed by atoms with Crippen molar-refractivity contribution in [1.82, 2.24) is 0 Å². The summed E-state index contributed by atoms with van der Waals surface area (Å²) in [5.41, 5.74) is 6.59. The molecule has 0 aliphatic carbocycles. The van der Waals surface area contributed by atoms with Gasteiger partial charge in [0.15, 0.2) is 0 Å². The van der Waals surface area contributed by atoms with Crippen LogP contribution >= 0.6 is 0 Å². The molecule has 0 bridgehead atoms. The predicted molar refractivity (Wildman–Crippen MR) is 81.4 cm³/mol. The van der Waals surface area contributed by atoms with Gasteiger partial charge in [-0.2, -0.15) is 0 Å². The number of rotatable bonds is 7. The van der Waals surface area contributed by atoms with Crippen molar-refractivity contribution in [2.24, 2.45) is 5.73 Å². The number of hydrogen-bond donors (Lipinski definition) is 2. The second kappa shape index (κ2) is 7.50. The monoisotopic (exact) mass is 288 g/mol. The van der Waals surface area contributed by atoms with Crippen LogP contribution in [0.15, 0.2) is 41.0 Å². The summed E-state index contributed by atoms with van der Waals surface area (Å²) >= 11 is 0. The minimum atomic E-state index is -0.232. The van der Waals surface area contributed by atoms with Crippen molar-refractivity contribution in [3.8, 4) is 5.75 Å². The third kappa shape index (κ3) is 4.36. The van der Waals surface area contributed by atoms with Crippen molar-refractivity contribution in [3.63, 3.8) is 0 Å². The number of ether oxygens (including phenoxy) is 1. The fourth-order valence-electron chi connectivity index (χ4n) is 1.81. The van der Waals surface area contributed by atoms with Crippen LogP contribution in [0.2, 0.25) is 0 Å². The average molecular weight is 288 g/mol. The Balaban J connectivity index is 1.98. The highest BCUT2D eigenvalue weighted by atomic mass is 16.5. The summed E-state index contributed by atoms with van der Waals surface area (Å²) in [6.45, 7) is 3.06. The van der Waals surface area contributed by atoms with Crippen molar-refractivity contribution < 1.29 is 13.9 Å². The number of benzene rings is 1. The van der Waals surface area contributed by atoms with Crippen LogP contribution in [0.1, 0.15) is 35.9 Å². The highest BCUT2D eigenvalue weighted by molar-refractivity contribution is 6.04. The van der Waals surface area contributed by atoms with Gasteiger partial charge in [-0.3, -0.25) is 4.79 Å². The minimum absolute atomic E-state index is 0.232. The van der Waals surface area contributed by atoms with Gasteiger partial charge in [0, 0.05) is 11.8 Å². The highest BCUT2D eigenvalue weighted by Gasteiger charge is 2.10. The number of furan rings is 1. The van der Waals surface area contributed by atoms with E-state index < -0.39 is 0 Å². The first-order valence-corrected chi connectivity index (χ1v) is 7.04. The zero-order valence-corrected chi connectivity index (χ0v) is 12.1. The Morgan fingerprint density at radius 1 is 1.38 bits per heavy atom. The normalized spacial score (nSPS) is 10.4. The van der Waals surface area contributed by atoms with E-state index in [1.165, 1.54) is 6.26 Å². The Kier molecular flexibility index (Phi) is 5.40. The van der Waals surface area contributed by atoms with E-state index in [0.29, 0.717) is 23.6 Å². The molecule has 112 valence electrons. The van der Waals surface area contributed by atoms with Crippen LogP contribution in [0, 0.1) is 0 Å². The van der Waals surface area contributed by atoms with E-state index in [-0.39, 0.29) is 12.5 Å². The van der Waals surface area contributed by atoms with E-state index in [4.69, 9.17) is 14.9 Å². The second-order valence-corrected chi connectivity index (χ2v) is 4.69. The lowest BCUT2D eigenvalue weighted by Crippen LogP contribution is -2.11. The first-order valence-electron chi connectivity index (χ1n) is 7.04. The van der Waals surface area contributed by atoms with Crippen LogP contribution < -0.4 is 15.8 Å². The van der Waals surface area contributed by atoms with Gasteiger partial charge in [0.2, 0.25) is 0 Å². The third-order valence-corrected chi connectivity index (χ3v) is 2.98. The van der Waals surface area contributed by atoms with Crippen molar-refractivity contribution in [1.29, 1.82) is 0 Å². The fourth-order valence-corrected chi connectivity index (χ4v) is 1.81. The summed E-state index contributed by atoms with van der Waals surface area (Å²) in [4.78, 5) is 12.1.